The molecule has 0 aliphatic carbocycles. The predicted octanol–water partition coefficient (Wildman–Crippen LogP) is 1.08. The molecule has 66 valence electrons. The molecule has 1 heterocycles. The largest absolute Gasteiger partial charge is 0.367 e. The first-order valence-corrected chi connectivity index (χ1v) is 4.21. The fraction of sp³-hybridized carbons (Fsp3) is 0.444. The van der Waals surface area contributed by atoms with Crippen LogP contribution in [0.3, 0.4) is 0 Å². The maximum absolute atomic E-state index is 10.8. The van der Waals surface area contributed by atoms with E-state index in [1.165, 1.54) is 5.56 Å². The van der Waals surface area contributed by atoms with Gasteiger partial charge in [0, 0.05) is 25.4 Å². The zero-order valence-electron chi connectivity index (χ0n) is 7.26. The van der Waals surface area contributed by atoms with Gasteiger partial charge >= 0.3 is 0 Å². The van der Waals surface area contributed by atoms with Crippen LogP contribution in [0.5, 0.6) is 0 Å². The Labute approximate surface area is 72.2 Å². The van der Waals surface area contributed by atoms with Crippen molar-refractivity contribution in [2.45, 2.75) is 19.8 Å². The van der Waals surface area contributed by atoms with Gasteiger partial charge in [0.25, 0.3) is 0 Å². The van der Waals surface area contributed by atoms with E-state index >= 15 is 0 Å². The fourth-order valence-electron chi connectivity index (χ4n) is 0.985. The molecule has 1 amide bonds. The summed E-state index contributed by atoms with van der Waals surface area (Å²) in [4.78, 5) is 13.8. The van der Waals surface area contributed by atoms with Crippen LogP contribution in [0, 0.1) is 0 Å². The van der Waals surface area contributed by atoms with Crippen LogP contribution in [0.25, 0.3) is 0 Å². The molecule has 1 aromatic heterocycles. The molecule has 0 aliphatic heterocycles. The second-order valence-corrected chi connectivity index (χ2v) is 2.67. The summed E-state index contributed by atoms with van der Waals surface area (Å²) in [5.41, 5.74) is 1.23. The van der Waals surface area contributed by atoms with Gasteiger partial charge in [0.15, 0.2) is 0 Å². The Hall–Kier alpha value is -1.25. The summed E-state index contributed by atoms with van der Waals surface area (Å²) in [6.45, 7) is 2.58. The van der Waals surface area contributed by atoms with E-state index in [4.69, 9.17) is 0 Å². The second-order valence-electron chi connectivity index (χ2n) is 2.67. The Balaban J connectivity index is 2.15. The molecular weight excluding hydrogens is 152 g/mol. The molecule has 0 unspecified atom stereocenters. The molecule has 0 spiro atoms. The minimum absolute atomic E-state index is 0.116. The first-order valence-electron chi connectivity index (χ1n) is 4.21. The molecule has 0 aliphatic rings. The van der Waals surface area contributed by atoms with Crippen LogP contribution in [-0.2, 0) is 11.2 Å². The van der Waals surface area contributed by atoms with Crippen molar-refractivity contribution in [3.8, 4) is 0 Å². The minimum atomic E-state index is 0.116. The molecule has 3 heteroatoms. The average Bonchev–Trinajstić information content (AvgIpc) is 2.57. The van der Waals surface area contributed by atoms with Crippen LogP contribution >= 0.6 is 0 Å². The quantitative estimate of drug-likeness (QED) is 0.690. The molecule has 2 N–H and O–H groups in total. The maximum Gasteiger partial charge on any atom is 0.219 e. The summed E-state index contributed by atoms with van der Waals surface area (Å²) in [6, 6.07) is 2.01. The molecule has 3 nitrogen and oxygen atoms in total. The molecule has 0 saturated carbocycles. The van der Waals surface area contributed by atoms with Gasteiger partial charge in [-0.15, -0.1) is 0 Å². The zero-order valence-corrected chi connectivity index (χ0v) is 7.26. The van der Waals surface area contributed by atoms with Gasteiger partial charge in [0.2, 0.25) is 5.91 Å². The smallest absolute Gasteiger partial charge is 0.219 e. The van der Waals surface area contributed by atoms with Crippen LogP contribution in [-0.4, -0.2) is 17.4 Å². The molecular formula is C9H14N2O. The molecule has 0 aromatic carbocycles. The van der Waals surface area contributed by atoms with Gasteiger partial charge in [-0.1, -0.05) is 6.92 Å². The number of hydrogen-bond acceptors (Lipinski definition) is 1. The van der Waals surface area contributed by atoms with E-state index in [0.29, 0.717) is 6.42 Å². The Morgan fingerprint density at radius 1 is 1.67 bits per heavy atom. The van der Waals surface area contributed by atoms with E-state index < -0.39 is 0 Å². The van der Waals surface area contributed by atoms with E-state index in [1.54, 1.807) is 0 Å². The van der Waals surface area contributed by atoms with Crippen LogP contribution in [0.15, 0.2) is 18.5 Å². The highest BCUT2D eigenvalue weighted by Gasteiger charge is 1.96. The summed E-state index contributed by atoms with van der Waals surface area (Å²) in [5.74, 6) is 0.116. The molecule has 0 radical (unpaired) electrons. The summed E-state index contributed by atoms with van der Waals surface area (Å²) in [5, 5.41) is 2.82. The van der Waals surface area contributed by atoms with E-state index in [2.05, 4.69) is 10.3 Å². The third-order valence-corrected chi connectivity index (χ3v) is 1.72. The normalized spacial score (nSPS) is 9.75. The van der Waals surface area contributed by atoms with Crippen molar-refractivity contribution in [1.82, 2.24) is 10.3 Å². The lowest BCUT2D eigenvalue weighted by atomic mass is 10.2. The fourth-order valence-corrected chi connectivity index (χ4v) is 0.985. The van der Waals surface area contributed by atoms with E-state index in [0.717, 1.165) is 13.0 Å². The lowest BCUT2D eigenvalue weighted by Crippen LogP contribution is -2.24. The molecule has 0 bridgehead atoms. The minimum Gasteiger partial charge on any atom is -0.367 e. The number of rotatable bonds is 4. The standard InChI is InChI=1S/C9H14N2O/c1-2-9(12)11-6-4-8-3-5-10-7-8/h3,5,7,10H,2,4,6H2,1H3,(H,11,12). The molecule has 1 aromatic rings. The number of amides is 1. The number of carbonyl (C=O) groups is 1. The molecule has 0 fully saturated rings. The van der Waals surface area contributed by atoms with Crippen LogP contribution < -0.4 is 5.32 Å². The van der Waals surface area contributed by atoms with Crippen molar-refractivity contribution in [1.29, 1.82) is 0 Å². The summed E-state index contributed by atoms with van der Waals surface area (Å²) in [6.07, 6.45) is 5.29. The number of hydrogen-bond donors (Lipinski definition) is 2. The van der Waals surface area contributed by atoms with Crippen molar-refractivity contribution in [2.24, 2.45) is 0 Å². The van der Waals surface area contributed by atoms with Crippen molar-refractivity contribution >= 4 is 5.91 Å². The monoisotopic (exact) mass is 166 g/mol. The SMILES string of the molecule is CCC(=O)NCCc1cc[nH]c1. The third kappa shape index (κ3) is 2.78. The highest BCUT2D eigenvalue weighted by molar-refractivity contribution is 5.75. The van der Waals surface area contributed by atoms with Gasteiger partial charge in [-0.05, 0) is 18.1 Å². The number of nitrogens with one attached hydrogen (secondary N) is 2. The van der Waals surface area contributed by atoms with Gasteiger partial charge in [0.1, 0.15) is 0 Å². The van der Waals surface area contributed by atoms with Crippen molar-refractivity contribution in [2.75, 3.05) is 6.54 Å². The molecule has 1 rings (SSSR count). The number of aromatic amines is 1. The van der Waals surface area contributed by atoms with E-state index in [9.17, 15) is 4.79 Å². The first kappa shape index (κ1) is 8.84. The maximum atomic E-state index is 10.8. The summed E-state index contributed by atoms with van der Waals surface area (Å²) >= 11 is 0. The summed E-state index contributed by atoms with van der Waals surface area (Å²) in [7, 11) is 0. The first-order chi connectivity index (χ1) is 5.83. The average molecular weight is 166 g/mol. The Morgan fingerprint density at radius 2 is 2.50 bits per heavy atom. The molecule has 12 heavy (non-hydrogen) atoms. The van der Waals surface area contributed by atoms with Gasteiger partial charge in [-0.2, -0.15) is 0 Å². The van der Waals surface area contributed by atoms with Gasteiger partial charge < -0.3 is 10.3 Å². The predicted molar refractivity (Wildman–Crippen MR) is 47.8 cm³/mol. The number of aromatic nitrogens is 1. The van der Waals surface area contributed by atoms with Crippen LogP contribution in [0.1, 0.15) is 18.9 Å². The van der Waals surface area contributed by atoms with E-state index in [1.807, 2.05) is 25.4 Å². The lowest BCUT2D eigenvalue weighted by molar-refractivity contribution is -0.120. The Bertz CT molecular complexity index is 229. The van der Waals surface area contributed by atoms with Gasteiger partial charge in [-0.25, -0.2) is 0 Å². The summed E-state index contributed by atoms with van der Waals surface area (Å²) < 4.78 is 0. The van der Waals surface area contributed by atoms with Crippen molar-refractivity contribution in [3.63, 3.8) is 0 Å². The highest BCUT2D eigenvalue weighted by atomic mass is 16.1. The highest BCUT2D eigenvalue weighted by Crippen LogP contribution is 1.95. The number of carbonyl (C=O) groups excluding carboxylic acids is 1. The zero-order chi connectivity index (χ0) is 8.81. The Kier molecular flexibility index (Phi) is 3.38. The van der Waals surface area contributed by atoms with Crippen molar-refractivity contribution < 1.29 is 4.79 Å². The molecule has 0 atom stereocenters. The Morgan fingerprint density at radius 3 is 3.08 bits per heavy atom. The lowest BCUT2D eigenvalue weighted by Gasteiger charge is -2.00. The van der Waals surface area contributed by atoms with Gasteiger partial charge in [-0.3, -0.25) is 4.79 Å². The number of H-pyrrole nitrogens is 1. The molecule has 0 saturated heterocycles. The van der Waals surface area contributed by atoms with E-state index in [-0.39, 0.29) is 5.91 Å². The second kappa shape index (κ2) is 4.59. The topological polar surface area (TPSA) is 44.9 Å². The van der Waals surface area contributed by atoms with Gasteiger partial charge in [0.05, 0.1) is 0 Å². The van der Waals surface area contributed by atoms with Crippen molar-refractivity contribution in [3.05, 3.63) is 24.0 Å². The van der Waals surface area contributed by atoms with Crippen LogP contribution in [0.4, 0.5) is 0 Å². The van der Waals surface area contributed by atoms with Crippen LogP contribution in [0.2, 0.25) is 0 Å². The third-order valence-electron chi connectivity index (χ3n) is 1.72.